The van der Waals surface area contributed by atoms with Crippen molar-refractivity contribution in [2.24, 2.45) is 13.0 Å². The van der Waals surface area contributed by atoms with Gasteiger partial charge in [0.05, 0.1) is 6.42 Å². The first-order valence-corrected chi connectivity index (χ1v) is 6.80. The van der Waals surface area contributed by atoms with Crippen molar-refractivity contribution in [3.05, 3.63) is 35.5 Å². The molecule has 0 saturated heterocycles. The highest BCUT2D eigenvalue weighted by Gasteiger charge is 2.14. The molecule has 1 aromatic heterocycles. The molecule has 3 nitrogen and oxygen atoms in total. The Labute approximate surface area is 114 Å². The van der Waals surface area contributed by atoms with Gasteiger partial charge in [-0.2, -0.15) is 0 Å². The van der Waals surface area contributed by atoms with Gasteiger partial charge in [-0.05, 0) is 24.5 Å². The summed E-state index contributed by atoms with van der Waals surface area (Å²) < 4.78 is 2.15. The van der Waals surface area contributed by atoms with Crippen LogP contribution in [0, 0.1) is 12.8 Å². The van der Waals surface area contributed by atoms with E-state index in [1.54, 1.807) is 0 Å². The van der Waals surface area contributed by atoms with Crippen molar-refractivity contribution in [3.8, 4) is 0 Å². The van der Waals surface area contributed by atoms with Crippen LogP contribution in [0.4, 0.5) is 0 Å². The van der Waals surface area contributed by atoms with Gasteiger partial charge in [-0.25, -0.2) is 0 Å². The second-order valence-electron chi connectivity index (χ2n) is 5.51. The number of aryl methyl sites for hydroxylation is 1. The van der Waals surface area contributed by atoms with E-state index < -0.39 is 0 Å². The molecule has 102 valence electrons. The molecule has 3 heteroatoms. The molecule has 0 saturated carbocycles. The highest BCUT2D eigenvalue weighted by atomic mass is 16.1. The summed E-state index contributed by atoms with van der Waals surface area (Å²) in [6.07, 6.45) is 0.458. The zero-order valence-corrected chi connectivity index (χ0v) is 12.2. The van der Waals surface area contributed by atoms with Gasteiger partial charge in [-0.1, -0.05) is 32.0 Å². The van der Waals surface area contributed by atoms with E-state index in [2.05, 4.69) is 42.8 Å². The van der Waals surface area contributed by atoms with Crippen molar-refractivity contribution in [2.45, 2.75) is 27.2 Å². The van der Waals surface area contributed by atoms with Gasteiger partial charge in [-0.3, -0.25) is 4.79 Å². The average Bonchev–Trinajstić information content (AvgIpc) is 2.62. The van der Waals surface area contributed by atoms with Crippen LogP contribution in [-0.4, -0.2) is 17.0 Å². The quantitative estimate of drug-likeness (QED) is 0.899. The third-order valence-corrected chi connectivity index (χ3v) is 3.58. The molecular formula is C16H22N2O. The van der Waals surface area contributed by atoms with Gasteiger partial charge in [0, 0.05) is 30.2 Å². The van der Waals surface area contributed by atoms with E-state index >= 15 is 0 Å². The topological polar surface area (TPSA) is 34.0 Å². The number of carbonyl (C=O) groups is 1. The van der Waals surface area contributed by atoms with E-state index in [0.29, 0.717) is 12.3 Å². The van der Waals surface area contributed by atoms with Crippen molar-refractivity contribution in [3.63, 3.8) is 0 Å². The van der Waals surface area contributed by atoms with E-state index in [4.69, 9.17) is 0 Å². The van der Waals surface area contributed by atoms with Crippen LogP contribution in [0.15, 0.2) is 24.3 Å². The molecule has 1 N–H and O–H groups in total. The smallest absolute Gasteiger partial charge is 0.224 e. The highest BCUT2D eigenvalue weighted by Crippen LogP contribution is 2.24. The lowest BCUT2D eigenvalue weighted by Crippen LogP contribution is -2.28. The van der Waals surface area contributed by atoms with Crippen molar-refractivity contribution in [1.82, 2.24) is 9.88 Å². The molecule has 0 radical (unpaired) electrons. The summed E-state index contributed by atoms with van der Waals surface area (Å²) >= 11 is 0. The summed E-state index contributed by atoms with van der Waals surface area (Å²) in [5.41, 5.74) is 3.49. The van der Waals surface area contributed by atoms with Crippen LogP contribution in [0.3, 0.4) is 0 Å². The fourth-order valence-electron chi connectivity index (χ4n) is 2.36. The minimum atomic E-state index is 0.105. The van der Waals surface area contributed by atoms with Gasteiger partial charge in [0.15, 0.2) is 0 Å². The first-order chi connectivity index (χ1) is 9.00. The predicted octanol–water partition coefficient (Wildman–Crippen LogP) is 2.80. The first-order valence-electron chi connectivity index (χ1n) is 6.80. The second kappa shape index (κ2) is 5.47. The number of nitrogens with one attached hydrogen (secondary N) is 1. The van der Waals surface area contributed by atoms with Crippen molar-refractivity contribution in [2.75, 3.05) is 6.54 Å². The van der Waals surface area contributed by atoms with Crippen molar-refractivity contribution in [1.29, 1.82) is 0 Å². The molecule has 2 aromatic rings. The number of carbonyl (C=O) groups excluding carboxylic acids is 1. The van der Waals surface area contributed by atoms with Crippen molar-refractivity contribution >= 4 is 16.8 Å². The monoisotopic (exact) mass is 258 g/mol. The Bertz CT molecular complexity index is 596. The summed E-state index contributed by atoms with van der Waals surface area (Å²) in [5, 5.41) is 4.17. The Balaban J connectivity index is 2.25. The number of hydrogen-bond donors (Lipinski definition) is 1. The Morgan fingerprint density at radius 1 is 1.32 bits per heavy atom. The zero-order chi connectivity index (χ0) is 14.0. The highest BCUT2D eigenvalue weighted by molar-refractivity contribution is 5.90. The maximum atomic E-state index is 12.0. The van der Waals surface area contributed by atoms with Crippen LogP contribution in [0.5, 0.6) is 0 Å². The lowest BCUT2D eigenvalue weighted by atomic mass is 10.1. The van der Waals surface area contributed by atoms with Gasteiger partial charge in [-0.15, -0.1) is 0 Å². The first kappa shape index (κ1) is 13.7. The number of hydrogen-bond acceptors (Lipinski definition) is 1. The summed E-state index contributed by atoms with van der Waals surface area (Å²) in [5.74, 6) is 0.589. The molecule has 1 amide bonds. The third kappa shape index (κ3) is 2.80. The van der Waals surface area contributed by atoms with Crippen LogP contribution in [-0.2, 0) is 18.3 Å². The molecule has 1 heterocycles. The van der Waals surface area contributed by atoms with E-state index in [-0.39, 0.29) is 5.91 Å². The number of para-hydroxylation sites is 1. The van der Waals surface area contributed by atoms with Gasteiger partial charge in [0.2, 0.25) is 5.91 Å². The molecule has 0 unspecified atom stereocenters. The number of rotatable bonds is 4. The molecule has 0 fully saturated rings. The molecular weight excluding hydrogens is 236 g/mol. The maximum Gasteiger partial charge on any atom is 0.224 e. The summed E-state index contributed by atoms with van der Waals surface area (Å²) in [7, 11) is 2.05. The van der Waals surface area contributed by atoms with E-state index in [1.165, 1.54) is 16.6 Å². The molecule has 0 aliphatic carbocycles. The minimum absolute atomic E-state index is 0.105. The lowest BCUT2D eigenvalue weighted by molar-refractivity contribution is -0.120. The fourth-order valence-corrected chi connectivity index (χ4v) is 2.36. The number of aromatic nitrogens is 1. The van der Waals surface area contributed by atoms with Crippen LogP contribution >= 0.6 is 0 Å². The molecule has 0 atom stereocenters. The van der Waals surface area contributed by atoms with Gasteiger partial charge >= 0.3 is 0 Å². The van der Waals surface area contributed by atoms with Crippen LogP contribution in [0.25, 0.3) is 10.9 Å². The molecule has 0 spiro atoms. The molecule has 2 rings (SSSR count). The Morgan fingerprint density at radius 3 is 2.68 bits per heavy atom. The zero-order valence-electron chi connectivity index (χ0n) is 12.2. The van der Waals surface area contributed by atoms with Crippen molar-refractivity contribution < 1.29 is 4.79 Å². The Kier molecular flexibility index (Phi) is 3.93. The molecule has 0 aliphatic heterocycles. The van der Waals surface area contributed by atoms with Crippen LogP contribution in [0.2, 0.25) is 0 Å². The SMILES string of the molecule is Cc1c(CC(=O)NCC(C)C)c2ccccc2n1C. The third-order valence-electron chi connectivity index (χ3n) is 3.58. The molecule has 0 aliphatic rings. The predicted molar refractivity (Wildman–Crippen MR) is 79.2 cm³/mol. The second-order valence-corrected chi connectivity index (χ2v) is 5.51. The largest absolute Gasteiger partial charge is 0.356 e. The minimum Gasteiger partial charge on any atom is -0.356 e. The average molecular weight is 258 g/mol. The number of fused-ring (bicyclic) bond motifs is 1. The van der Waals surface area contributed by atoms with E-state index in [9.17, 15) is 4.79 Å². The standard InChI is InChI=1S/C16H22N2O/c1-11(2)10-17-16(19)9-14-12(3)18(4)15-8-6-5-7-13(14)15/h5-8,11H,9-10H2,1-4H3,(H,17,19). The summed E-state index contributed by atoms with van der Waals surface area (Å²) in [6, 6.07) is 8.24. The van der Waals surface area contributed by atoms with Crippen LogP contribution < -0.4 is 5.32 Å². The Hall–Kier alpha value is -1.77. The number of benzene rings is 1. The van der Waals surface area contributed by atoms with Crippen LogP contribution in [0.1, 0.15) is 25.1 Å². The van der Waals surface area contributed by atoms with E-state index in [1.807, 2.05) is 19.2 Å². The van der Waals surface area contributed by atoms with Gasteiger partial charge < -0.3 is 9.88 Å². The maximum absolute atomic E-state index is 12.0. The fraction of sp³-hybridized carbons (Fsp3) is 0.438. The summed E-state index contributed by atoms with van der Waals surface area (Å²) in [6.45, 7) is 7.01. The molecule has 0 bridgehead atoms. The molecule has 1 aromatic carbocycles. The van der Waals surface area contributed by atoms with E-state index in [0.717, 1.165) is 12.1 Å². The van der Waals surface area contributed by atoms with Gasteiger partial charge in [0.25, 0.3) is 0 Å². The number of amides is 1. The van der Waals surface area contributed by atoms with Gasteiger partial charge in [0.1, 0.15) is 0 Å². The molecule has 19 heavy (non-hydrogen) atoms. The Morgan fingerprint density at radius 2 is 2.00 bits per heavy atom. The lowest BCUT2D eigenvalue weighted by Gasteiger charge is -2.08. The summed E-state index contributed by atoms with van der Waals surface area (Å²) in [4.78, 5) is 12.0. The number of nitrogens with zero attached hydrogens (tertiary/aromatic N) is 1. The normalized spacial score (nSPS) is 11.2.